The van der Waals surface area contributed by atoms with Crippen molar-refractivity contribution in [1.29, 1.82) is 0 Å². The van der Waals surface area contributed by atoms with E-state index in [2.05, 4.69) is 56.0 Å². The predicted octanol–water partition coefficient (Wildman–Crippen LogP) is 2.13. The summed E-state index contributed by atoms with van der Waals surface area (Å²) in [6.45, 7) is 1.71. The van der Waals surface area contributed by atoms with Gasteiger partial charge in [-0.2, -0.15) is 0 Å². The Morgan fingerprint density at radius 1 is 0.909 bits per heavy atom. The van der Waals surface area contributed by atoms with Gasteiger partial charge < -0.3 is 20.4 Å². The van der Waals surface area contributed by atoms with E-state index in [1.165, 1.54) is 16.5 Å². The highest BCUT2D eigenvalue weighted by molar-refractivity contribution is 5.80. The SMILES string of the molecule is C1=CN2Cc3cc4cccnc4cc3CN3C=CNC3=C2N1. The Bertz CT molecular complexity index is 794. The topological polar surface area (TPSA) is 43.4 Å². The van der Waals surface area contributed by atoms with Crippen LogP contribution in [-0.2, 0) is 13.1 Å². The van der Waals surface area contributed by atoms with Crippen LogP contribution in [0.2, 0.25) is 0 Å². The maximum absolute atomic E-state index is 4.49. The molecule has 22 heavy (non-hydrogen) atoms. The molecule has 5 heteroatoms. The van der Waals surface area contributed by atoms with Gasteiger partial charge in [-0.05, 0) is 29.3 Å². The fraction of sp³-hybridized carbons (Fsp3) is 0.118. The molecule has 5 rings (SSSR count). The zero-order valence-electron chi connectivity index (χ0n) is 12.0. The number of benzene rings is 1. The second kappa shape index (κ2) is 4.27. The van der Waals surface area contributed by atoms with Crippen LogP contribution < -0.4 is 10.6 Å². The number of nitrogens with one attached hydrogen (secondary N) is 2. The summed E-state index contributed by atoms with van der Waals surface area (Å²) >= 11 is 0. The van der Waals surface area contributed by atoms with Crippen LogP contribution in [0.15, 0.2) is 66.9 Å². The van der Waals surface area contributed by atoms with Crippen molar-refractivity contribution in [2.45, 2.75) is 13.1 Å². The van der Waals surface area contributed by atoms with Gasteiger partial charge in [-0.1, -0.05) is 6.07 Å². The number of nitrogens with zero attached hydrogens (tertiary/aromatic N) is 3. The quantitative estimate of drug-likeness (QED) is 0.778. The highest BCUT2D eigenvalue weighted by atomic mass is 15.4. The van der Waals surface area contributed by atoms with Crippen LogP contribution in [0, 0.1) is 0 Å². The average Bonchev–Trinajstić information content (AvgIpc) is 3.15. The van der Waals surface area contributed by atoms with Crippen molar-refractivity contribution in [3.05, 3.63) is 78.0 Å². The summed E-state index contributed by atoms with van der Waals surface area (Å²) in [5.74, 6) is 2.19. The van der Waals surface area contributed by atoms with Gasteiger partial charge >= 0.3 is 0 Å². The predicted molar refractivity (Wildman–Crippen MR) is 84.4 cm³/mol. The zero-order chi connectivity index (χ0) is 14.5. The first kappa shape index (κ1) is 11.7. The van der Waals surface area contributed by atoms with Crippen molar-refractivity contribution < 1.29 is 0 Å². The molecule has 0 spiro atoms. The second-order valence-electron chi connectivity index (χ2n) is 5.69. The van der Waals surface area contributed by atoms with Crippen molar-refractivity contribution in [3.63, 3.8) is 0 Å². The number of rotatable bonds is 0. The van der Waals surface area contributed by atoms with E-state index < -0.39 is 0 Å². The van der Waals surface area contributed by atoms with Gasteiger partial charge in [0.15, 0.2) is 11.6 Å². The molecule has 0 amide bonds. The minimum Gasteiger partial charge on any atom is -0.344 e. The molecule has 0 saturated carbocycles. The van der Waals surface area contributed by atoms with Gasteiger partial charge in [-0.15, -0.1) is 0 Å². The lowest BCUT2D eigenvalue weighted by Gasteiger charge is -2.29. The van der Waals surface area contributed by atoms with E-state index in [0.717, 1.165) is 30.2 Å². The molecule has 3 aliphatic rings. The summed E-state index contributed by atoms with van der Waals surface area (Å²) in [6.07, 6.45) is 9.98. The lowest BCUT2D eigenvalue weighted by atomic mass is 10.0. The Kier molecular flexibility index (Phi) is 2.27. The molecule has 1 aromatic heterocycles. The molecular formula is C17H15N5. The van der Waals surface area contributed by atoms with E-state index in [1.807, 2.05) is 24.7 Å². The average molecular weight is 289 g/mol. The van der Waals surface area contributed by atoms with Crippen molar-refractivity contribution in [2.24, 2.45) is 0 Å². The highest BCUT2D eigenvalue weighted by Gasteiger charge is 2.26. The maximum Gasteiger partial charge on any atom is 0.152 e. The first-order valence-corrected chi connectivity index (χ1v) is 7.39. The minimum atomic E-state index is 0.847. The standard InChI is InChI=1S/C17H15N5/c1-2-12-8-13-10-21-6-4-19-16(21)17-20-5-7-22(17)11-14(13)9-15(12)18-3-1/h1-9,19-20H,10-11H2. The lowest BCUT2D eigenvalue weighted by molar-refractivity contribution is 0.374. The molecule has 0 bridgehead atoms. The Labute approximate surface area is 128 Å². The maximum atomic E-state index is 4.49. The molecule has 0 fully saturated rings. The monoisotopic (exact) mass is 289 g/mol. The number of pyridine rings is 1. The molecule has 2 aromatic rings. The first-order chi connectivity index (χ1) is 10.9. The number of aromatic nitrogens is 1. The summed E-state index contributed by atoms with van der Waals surface area (Å²) in [4.78, 5) is 8.96. The van der Waals surface area contributed by atoms with Crippen LogP contribution in [0.3, 0.4) is 0 Å². The number of fused-ring (bicyclic) bond motifs is 4. The van der Waals surface area contributed by atoms with Crippen LogP contribution >= 0.6 is 0 Å². The molecule has 0 unspecified atom stereocenters. The van der Waals surface area contributed by atoms with E-state index in [4.69, 9.17) is 0 Å². The van der Waals surface area contributed by atoms with Crippen molar-refractivity contribution in [2.75, 3.05) is 0 Å². The van der Waals surface area contributed by atoms with E-state index >= 15 is 0 Å². The van der Waals surface area contributed by atoms with Crippen LogP contribution in [0.25, 0.3) is 10.9 Å². The number of hydrogen-bond acceptors (Lipinski definition) is 5. The second-order valence-corrected chi connectivity index (χ2v) is 5.69. The first-order valence-electron chi connectivity index (χ1n) is 7.39. The van der Waals surface area contributed by atoms with Gasteiger partial charge in [-0.3, -0.25) is 4.98 Å². The highest BCUT2D eigenvalue weighted by Crippen LogP contribution is 2.29. The van der Waals surface area contributed by atoms with Gasteiger partial charge in [0, 0.05) is 49.5 Å². The van der Waals surface area contributed by atoms with Crippen molar-refractivity contribution in [3.8, 4) is 0 Å². The Hall–Kier alpha value is -2.95. The number of hydrogen-bond donors (Lipinski definition) is 2. The summed E-state index contributed by atoms with van der Waals surface area (Å²) in [7, 11) is 0. The zero-order valence-corrected chi connectivity index (χ0v) is 12.0. The van der Waals surface area contributed by atoms with E-state index in [1.54, 1.807) is 0 Å². The van der Waals surface area contributed by atoms with Crippen molar-refractivity contribution >= 4 is 10.9 Å². The van der Waals surface area contributed by atoms with Crippen LogP contribution in [0.1, 0.15) is 11.1 Å². The molecule has 0 aliphatic carbocycles. The van der Waals surface area contributed by atoms with Gasteiger partial charge in [0.05, 0.1) is 5.52 Å². The van der Waals surface area contributed by atoms with Gasteiger partial charge in [0.2, 0.25) is 0 Å². The summed E-state index contributed by atoms with van der Waals surface area (Å²) in [5, 5.41) is 7.86. The Balaban J connectivity index is 1.70. The van der Waals surface area contributed by atoms with Crippen LogP contribution in [0.5, 0.6) is 0 Å². The minimum absolute atomic E-state index is 0.847. The van der Waals surface area contributed by atoms with Crippen LogP contribution in [-0.4, -0.2) is 14.8 Å². The Morgan fingerprint density at radius 3 is 2.32 bits per heavy atom. The molecule has 0 saturated heterocycles. The third-order valence-electron chi connectivity index (χ3n) is 4.35. The Morgan fingerprint density at radius 2 is 1.59 bits per heavy atom. The van der Waals surface area contributed by atoms with Gasteiger partial charge in [-0.25, -0.2) is 0 Å². The normalized spacial score (nSPS) is 18.5. The van der Waals surface area contributed by atoms with Crippen molar-refractivity contribution in [1.82, 2.24) is 25.4 Å². The molecule has 0 radical (unpaired) electrons. The molecule has 5 nitrogen and oxygen atoms in total. The molecular weight excluding hydrogens is 274 g/mol. The summed E-state index contributed by atoms with van der Waals surface area (Å²) in [5.41, 5.74) is 3.71. The molecule has 3 aliphatic heterocycles. The fourth-order valence-corrected chi connectivity index (χ4v) is 3.27. The molecule has 108 valence electrons. The summed E-state index contributed by atoms with van der Waals surface area (Å²) in [6, 6.07) is 8.59. The van der Waals surface area contributed by atoms with E-state index in [0.29, 0.717) is 0 Å². The third-order valence-corrected chi connectivity index (χ3v) is 4.35. The summed E-state index contributed by atoms with van der Waals surface area (Å²) < 4.78 is 0. The van der Waals surface area contributed by atoms with E-state index in [9.17, 15) is 0 Å². The van der Waals surface area contributed by atoms with Gasteiger partial charge in [0.1, 0.15) is 0 Å². The van der Waals surface area contributed by atoms with E-state index in [-0.39, 0.29) is 0 Å². The third kappa shape index (κ3) is 1.62. The van der Waals surface area contributed by atoms with Crippen LogP contribution in [0.4, 0.5) is 0 Å². The fourth-order valence-electron chi connectivity index (χ4n) is 3.27. The van der Waals surface area contributed by atoms with Gasteiger partial charge in [0.25, 0.3) is 0 Å². The largest absolute Gasteiger partial charge is 0.344 e. The molecule has 0 atom stereocenters. The lowest BCUT2D eigenvalue weighted by Crippen LogP contribution is -2.32. The molecule has 2 N–H and O–H groups in total. The molecule has 1 aromatic carbocycles. The molecule has 4 heterocycles. The smallest absolute Gasteiger partial charge is 0.152 e.